The lowest BCUT2D eigenvalue weighted by Crippen LogP contribution is -2.24. The van der Waals surface area contributed by atoms with Gasteiger partial charge in [0, 0.05) is 43.8 Å². The molecule has 0 aliphatic heterocycles. The minimum absolute atomic E-state index is 0.203. The number of anilines is 3. The summed E-state index contributed by atoms with van der Waals surface area (Å²) >= 11 is 0. The molecule has 2 aromatic carbocycles. The van der Waals surface area contributed by atoms with Gasteiger partial charge in [-0.05, 0) is 36.4 Å². The topological polar surface area (TPSA) is 73.5 Å². The Kier molecular flexibility index (Phi) is 5.19. The second-order valence-corrected chi connectivity index (χ2v) is 5.18. The van der Waals surface area contributed by atoms with Crippen LogP contribution in [0.4, 0.5) is 21.9 Å². The summed E-state index contributed by atoms with van der Waals surface area (Å²) in [5.41, 5.74) is 2.73. The van der Waals surface area contributed by atoms with E-state index in [0.29, 0.717) is 16.9 Å². The number of carbonyl (C=O) groups is 2. The van der Waals surface area contributed by atoms with Crippen molar-refractivity contribution >= 4 is 29.0 Å². The van der Waals surface area contributed by atoms with Crippen LogP contribution in [0.15, 0.2) is 48.5 Å². The third-order valence-corrected chi connectivity index (χ3v) is 3.23. The second kappa shape index (κ2) is 7.31. The Morgan fingerprint density at radius 3 is 2.22 bits per heavy atom. The molecule has 0 heterocycles. The smallest absolute Gasteiger partial charge is 0.318 e. The van der Waals surface area contributed by atoms with Crippen LogP contribution in [0, 0.1) is 0 Å². The summed E-state index contributed by atoms with van der Waals surface area (Å²) in [6.07, 6.45) is 0. The Morgan fingerprint density at radius 1 is 0.913 bits per heavy atom. The van der Waals surface area contributed by atoms with Crippen LogP contribution in [0.25, 0.3) is 0 Å². The third kappa shape index (κ3) is 4.47. The lowest BCUT2D eigenvalue weighted by molar-refractivity contribution is 0.102. The number of nitrogens with zero attached hydrogens (tertiary/aromatic N) is 1. The van der Waals surface area contributed by atoms with Crippen LogP contribution in [-0.4, -0.2) is 33.1 Å². The fourth-order valence-corrected chi connectivity index (χ4v) is 2.00. The van der Waals surface area contributed by atoms with Crippen molar-refractivity contribution in [1.82, 2.24) is 5.32 Å². The Balaban J connectivity index is 2.12. The molecule has 0 fully saturated rings. The summed E-state index contributed by atoms with van der Waals surface area (Å²) in [6.45, 7) is 0. The average Bonchev–Trinajstić information content (AvgIpc) is 2.55. The minimum Gasteiger partial charge on any atom is -0.378 e. The van der Waals surface area contributed by atoms with Crippen LogP contribution in [-0.2, 0) is 0 Å². The maximum atomic E-state index is 12.3. The zero-order valence-electron chi connectivity index (χ0n) is 13.4. The van der Waals surface area contributed by atoms with Gasteiger partial charge < -0.3 is 20.9 Å². The molecular formula is C17H20N4O2. The number of amides is 3. The van der Waals surface area contributed by atoms with Crippen LogP contribution in [0.2, 0.25) is 0 Å². The fourth-order valence-electron chi connectivity index (χ4n) is 2.00. The number of nitrogens with one attached hydrogen (secondary N) is 3. The van der Waals surface area contributed by atoms with Crippen LogP contribution in [0.1, 0.15) is 10.4 Å². The summed E-state index contributed by atoms with van der Waals surface area (Å²) in [4.78, 5) is 25.6. The highest BCUT2D eigenvalue weighted by Crippen LogP contribution is 2.18. The molecule has 0 saturated carbocycles. The molecule has 120 valence electrons. The van der Waals surface area contributed by atoms with Crippen LogP contribution >= 0.6 is 0 Å². The van der Waals surface area contributed by atoms with E-state index in [4.69, 9.17) is 0 Å². The van der Waals surface area contributed by atoms with Gasteiger partial charge in [0.1, 0.15) is 0 Å². The number of hydrogen-bond donors (Lipinski definition) is 3. The van der Waals surface area contributed by atoms with E-state index >= 15 is 0 Å². The first-order valence-corrected chi connectivity index (χ1v) is 7.17. The van der Waals surface area contributed by atoms with Crippen molar-refractivity contribution in [2.24, 2.45) is 0 Å². The lowest BCUT2D eigenvalue weighted by atomic mass is 10.1. The van der Waals surface area contributed by atoms with Crippen molar-refractivity contribution in [2.75, 3.05) is 36.7 Å². The number of benzene rings is 2. The average molecular weight is 312 g/mol. The summed E-state index contributed by atoms with van der Waals surface area (Å²) in [5, 5.41) is 7.96. The normalized spacial score (nSPS) is 9.87. The molecule has 3 N–H and O–H groups in total. The van der Waals surface area contributed by atoms with Crippen LogP contribution in [0.3, 0.4) is 0 Å². The molecule has 0 aromatic heterocycles. The van der Waals surface area contributed by atoms with Gasteiger partial charge in [-0.1, -0.05) is 12.1 Å². The van der Waals surface area contributed by atoms with Crippen molar-refractivity contribution in [1.29, 1.82) is 0 Å². The highest BCUT2D eigenvalue weighted by Gasteiger charge is 2.08. The van der Waals surface area contributed by atoms with Gasteiger partial charge >= 0.3 is 6.03 Å². The first-order chi connectivity index (χ1) is 11.0. The predicted octanol–water partition coefficient (Wildman–Crippen LogP) is 2.76. The Labute approximate surface area is 135 Å². The van der Waals surface area contributed by atoms with Crippen molar-refractivity contribution in [2.45, 2.75) is 0 Å². The molecule has 0 unspecified atom stereocenters. The van der Waals surface area contributed by atoms with Crippen molar-refractivity contribution in [3.8, 4) is 0 Å². The molecule has 0 bridgehead atoms. The van der Waals surface area contributed by atoms with E-state index < -0.39 is 0 Å². The minimum atomic E-state index is -0.313. The van der Waals surface area contributed by atoms with E-state index in [2.05, 4.69) is 16.0 Å². The molecule has 0 spiro atoms. The van der Waals surface area contributed by atoms with Gasteiger partial charge in [-0.3, -0.25) is 4.79 Å². The Morgan fingerprint density at radius 2 is 1.57 bits per heavy atom. The van der Waals surface area contributed by atoms with Gasteiger partial charge in [0.15, 0.2) is 0 Å². The second-order valence-electron chi connectivity index (χ2n) is 5.18. The Bertz CT molecular complexity index is 713. The number of carbonyl (C=O) groups excluding carboxylic acids is 2. The predicted molar refractivity (Wildman–Crippen MR) is 93.2 cm³/mol. The SMILES string of the molecule is CNC(=O)Nc1cccc(NC(=O)c2cccc(N(C)C)c2)c1. The maximum absolute atomic E-state index is 12.3. The molecule has 3 amide bonds. The molecule has 0 saturated heterocycles. The van der Waals surface area contributed by atoms with E-state index in [-0.39, 0.29) is 11.9 Å². The Hall–Kier alpha value is -3.02. The first kappa shape index (κ1) is 16.4. The highest BCUT2D eigenvalue weighted by molar-refractivity contribution is 6.05. The molecule has 23 heavy (non-hydrogen) atoms. The molecule has 0 aliphatic carbocycles. The van der Waals surface area contributed by atoms with Gasteiger partial charge in [0.2, 0.25) is 0 Å². The number of urea groups is 1. The van der Waals surface area contributed by atoms with E-state index in [1.165, 1.54) is 0 Å². The monoisotopic (exact) mass is 312 g/mol. The van der Waals surface area contributed by atoms with E-state index in [1.54, 1.807) is 37.4 Å². The summed E-state index contributed by atoms with van der Waals surface area (Å²) in [6, 6.07) is 14.0. The van der Waals surface area contributed by atoms with E-state index in [9.17, 15) is 9.59 Å². The maximum Gasteiger partial charge on any atom is 0.318 e. The van der Waals surface area contributed by atoms with Crippen molar-refractivity contribution < 1.29 is 9.59 Å². The van der Waals surface area contributed by atoms with E-state index in [1.807, 2.05) is 37.2 Å². The number of hydrogen-bond acceptors (Lipinski definition) is 3. The van der Waals surface area contributed by atoms with Gasteiger partial charge in [0.25, 0.3) is 5.91 Å². The highest BCUT2D eigenvalue weighted by atomic mass is 16.2. The largest absolute Gasteiger partial charge is 0.378 e. The molecule has 2 aromatic rings. The molecule has 6 heteroatoms. The molecule has 0 atom stereocenters. The summed E-state index contributed by atoms with van der Waals surface area (Å²) < 4.78 is 0. The van der Waals surface area contributed by atoms with Crippen LogP contribution in [0.5, 0.6) is 0 Å². The zero-order chi connectivity index (χ0) is 16.8. The van der Waals surface area contributed by atoms with Crippen LogP contribution < -0.4 is 20.9 Å². The fraction of sp³-hybridized carbons (Fsp3) is 0.176. The quantitative estimate of drug-likeness (QED) is 0.813. The van der Waals surface area contributed by atoms with Gasteiger partial charge in [-0.25, -0.2) is 4.79 Å². The van der Waals surface area contributed by atoms with Gasteiger partial charge in [-0.15, -0.1) is 0 Å². The standard InChI is InChI=1S/C17H20N4O2/c1-18-17(23)20-14-8-5-7-13(11-14)19-16(22)12-6-4-9-15(10-12)21(2)3/h4-11H,1-3H3,(H,19,22)(H2,18,20,23). The molecule has 0 radical (unpaired) electrons. The first-order valence-electron chi connectivity index (χ1n) is 7.17. The molecule has 6 nitrogen and oxygen atoms in total. The third-order valence-electron chi connectivity index (χ3n) is 3.23. The molecule has 2 rings (SSSR count). The molecule has 0 aliphatic rings. The summed E-state index contributed by atoms with van der Waals surface area (Å²) in [7, 11) is 5.38. The lowest BCUT2D eigenvalue weighted by Gasteiger charge is -2.13. The van der Waals surface area contributed by atoms with Crippen molar-refractivity contribution in [3.63, 3.8) is 0 Å². The van der Waals surface area contributed by atoms with Gasteiger partial charge in [0.05, 0.1) is 0 Å². The number of rotatable bonds is 4. The van der Waals surface area contributed by atoms with Crippen molar-refractivity contribution in [3.05, 3.63) is 54.1 Å². The molecular weight excluding hydrogens is 292 g/mol. The van der Waals surface area contributed by atoms with E-state index in [0.717, 1.165) is 5.69 Å². The van der Waals surface area contributed by atoms with Gasteiger partial charge in [-0.2, -0.15) is 0 Å². The summed E-state index contributed by atoms with van der Waals surface area (Å²) in [5.74, 6) is -0.203. The zero-order valence-corrected chi connectivity index (χ0v) is 13.4.